The summed E-state index contributed by atoms with van der Waals surface area (Å²) in [4.78, 5) is 12.1. The van der Waals surface area contributed by atoms with Gasteiger partial charge < -0.3 is 5.32 Å². The first-order valence-corrected chi connectivity index (χ1v) is 9.66. The Hall–Kier alpha value is -1.52. The van der Waals surface area contributed by atoms with Crippen LogP contribution < -0.4 is 5.32 Å². The summed E-state index contributed by atoms with van der Waals surface area (Å²) in [5.41, 5.74) is 0.593. The first-order chi connectivity index (χ1) is 11.3. The van der Waals surface area contributed by atoms with Crippen molar-refractivity contribution in [1.29, 1.82) is 0 Å². The van der Waals surface area contributed by atoms with Gasteiger partial charge in [-0.3, -0.25) is 4.79 Å². The number of nitrogens with zero attached hydrogens (tertiary/aromatic N) is 1. The van der Waals surface area contributed by atoms with E-state index in [2.05, 4.69) is 27.9 Å². The van der Waals surface area contributed by atoms with E-state index >= 15 is 0 Å². The molecule has 0 heterocycles. The highest BCUT2D eigenvalue weighted by Gasteiger charge is 2.25. The fourth-order valence-corrected chi connectivity index (χ4v) is 3.78. The van der Waals surface area contributed by atoms with E-state index in [4.69, 9.17) is 0 Å². The number of rotatable bonds is 6. The Bertz CT molecular complexity index is 808. The lowest BCUT2D eigenvalue weighted by Crippen LogP contribution is -2.37. The highest BCUT2D eigenvalue weighted by Crippen LogP contribution is 2.16. The van der Waals surface area contributed by atoms with Gasteiger partial charge in [0.2, 0.25) is 15.9 Å². The zero-order chi connectivity index (χ0) is 17.7. The minimum Gasteiger partial charge on any atom is -0.325 e. The average Bonchev–Trinajstić information content (AvgIpc) is 2.55. The van der Waals surface area contributed by atoms with E-state index in [9.17, 15) is 17.6 Å². The van der Waals surface area contributed by atoms with Crippen molar-refractivity contribution < 1.29 is 17.6 Å². The molecule has 0 atom stereocenters. The number of carbonyl (C=O) groups excluding carboxylic acids is 1. The molecule has 2 rings (SSSR count). The third kappa shape index (κ3) is 4.74. The van der Waals surface area contributed by atoms with Crippen LogP contribution in [0.3, 0.4) is 0 Å². The van der Waals surface area contributed by atoms with E-state index in [1.54, 1.807) is 19.1 Å². The van der Waals surface area contributed by atoms with Crippen molar-refractivity contribution in [1.82, 2.24) is 4.31 Å². The monoisotopic (exact) mass is 462 g/mol. The second-order valence-electron chi connectivity index (χ2n) is 4.94. The predicted octanol–water partition coefficient (Wildman–Crippen LogP) is 3.08. The Morgan fingerprint density at radius 2 is 1.71 bits per heavy atom. The fraction of sp³-hybridized carbons (Fsp3) is 0.188. The van der Waals surface area contributed by atoms with Gasteiger partial charge in [-0.05, 0) is 71.1 Å². The maximum Gasteiger partial charge on any atom is 0.243 e. The van der Waals surface area contributed by atoms with Crippen LogP contribution in [0.1, 0.15) is 6.92 Å². The first-order valence-electron chi connectivity index (χ1n) is 7.14. The van der Waals surface area contributed by atoms with E-state index in [1.807, 2.05) is 12.1 Å². The van der Waals surface area contributed by atoms with Gasteiger partial charge in [0.25, 0.3) is 0 Å². The maximum absolute atomic E-state index is 13.0. The Balaban J connectivity index is 2.11. The Morgan fingerprint density at radius 3 is 2.25 bits per heavy atom. The van der Waals surface area contributed by atoms with Crippen LogP contribution >= 0.6 is 22.6 Å². The summed E-state index contributed by atoms with van der Waals surface area (Å²) in [5.74, 6) is -0.961. The quantitative estimate of drug-likeness (QED) is 0.672. The van der Waals surface area contributed by atoms with Crippen molar-refractivity contribution in [3.63, 3.8) is 0 Å². The highest BCUT2D eigenvalue weighted by molar-refractivity contribution is 14.1. The van der Waals surface area contributed by atoms with Gasteiger partial charge in [-0.2, -0.15) is 4.31 Å². The number of amides is 1. The molecule has 0 saturated heterocycles. The molecule has 0 aliphatic heterocycles. The number of benzene rings is 2. The van der Waals surface area contributed by atoms with Gasteiger partial charge in [0.15, 0.2) is 0 Å². The molecule has 0 aliphatic carbocycles. The smallest absolute Gasteiger partial charge is 0.243 e. The third-order valence-electron chi connectivity index (χ3n) is 3.25. The molecule has 1 amide bonds. The number of hydrogen-bond donors (Lipinski definition) is 1. The second kappa shape index (κ2) is 8.04. The van der Waals surface area contributed by atoms with Crippen molar-refractivity contribution in [2.24, 2.45) is 0 Å². The Kier molecular flexibility index (Phi) is 6.30. The minimum atomic E-state index is -3.86. The van der Waals surface area contributed by atoms with Crippen molar-refractivity contribution in [3.8, 4) is 0 Å². The molecule has 128 valence electrons. The summed E-state index contributed by atoms with van der Waals surface area (Å²) < 4.78 is 40.1. The molecule has 0 bridgehead atoms. The van der Waals surface area contributed by atoms with Crippen molar-refractivity contribution in [2.45, 2.75) is 11.8 Å². The number of nitrogens with one attached hydrogen (secondary N) is 1. The molecule has 1 N–H and O–H groups in total. The summed E-state index contributed by atoms with van der Waals surface area (Å²) in [6.07, 6.45) is 0. The molecule has 0 fully saturated rings. The van der Waals surface area contributed by atoms with Crippen LogP contribution in [0.15, 0.2) is 53.4 Å². The molecule has 0 unspecified atom stereocenters. The molecule has 5 nitrogen and oxygen atoms in total. The predicted molar refractivity (Wildman–Crippen MR) is 98.6 cm³/mol. The molecule has 0 aromatic heterocycles. The number of hydrogen-bond acceptors (Lipinski definition) is 3. The molecular weight excluding hydrogens is 446 g/mol. The summed E-state index contributed by atoms with van der Waals surface area (Å²) in [6, 6.07) is 11.7. The molecule has 2 aromatic carbocycles. The van der Waals surface area contributed by atoms with Crippen LogP contribution in [-0.4, -0.2) is 31.7 Å². The largest absolute Gasteiger partial charge is 0.325 e. The lowest BCUT2D eigenvalue weighted by atomic mass is 10.3. The van der Waals surface area contributed by atoms with E-state index in [1.165, 1.54) is 12.1 Å². The summed E-state index contributed by atoms with van der Waals surface area (Å²) in [7, 11) is -3.86. The van der Waals surface area contributed by atoms with Gasteiger partial charge in [-0.25, -0.2) is 12.8 Å². The standard InChI is InChI=1S/C16H16FIN2O3S/c1-2-20(24(22,23)15-9-3-12(17)4-10-15)11-16(21)19-14-7-5-13(18)6-8-14/h3-10H,2,11H2,1H3,(H,19,21). The average molecular weight is 462 g/mol. The van der Waals surface area contributed by atoms with Gasteiger partial charge in [-0.15, -0.1) is 0 Å². The van der Waals surface area contributed by atoms with Crippen LogP contribution in [0.25, 0.3) is 0 Å². The van der Waals surface area contributed by atoms with Gasteiger partial charge >= 0.3 is 0 Å². The maximum atomic E-state index is 13.0. The van der Waals surface area contributed by atoms with E-state index in [-0.39, 0.29) is 18.0 Å². The summed E-state index contributed by atoms with van der Waals surface area (Å²) in [5, 5.41) is 2.66. The summed E-state index contributed by atoms with van der Waals surface area (Å²) in [6.45, 7) is 1.45. The third-order valence-corrected chi connectivity index (χ3v) is 5.91. The minimum absolute atomic E-state index is 0.0483. The van der Waals surface area contributed by atoms with Gasteiger partial charge in [-0.1, -0.05) is 6.92 Å². The molecule has 0 saturated carbocycles. The zero-order valence-corrected chi connectivity index (χ0v) is 15.8. The first kappa shape index (κ1) is 18.8. The SMILES string of the molecule is CCN(CC(=O)Nc1ccc(I)cc1)S(=O)(=O)c1ccc(F)cc1. The molecule has 24 heavy (non-hydrogen) atoms. The number of likely N-dealkylation sites (N-methyl/N-ethyl adjacent to an activating group) is 1. The van der Waals surface area contributed by atoms with Crippen LogP contribution in [-0.2, 0) is 14.8 Å². The zero-order valence-electron chi connectivity index (χ0n) is 12.9. The topological polar surface area (TPSA) is 66.5 Å². The van der Waals surface area contributed by atoms with Crippen LogP contribution in [0.5, 0.6) is 0 Å². The lowest BCUT2D eigenvalue weighted by molar-refractivity contribution is -0.116. The molecule has 0 radical (unpaired) electrons. The van der Waals surface area contributed by atoms with Crippen LogP contribution in [0.2, 0.25) is 0 Å². The van der Waals surface area contributed by atoms with Crippen LogP contribution in [0.4, 0.5) is 10.1 Å². The molecule has 8 heteroatoms. The van der Waals surface area contributed by atoms with Crippen molar-refractivity contribution >= 4 is 44.2 Å². The number of anilines is 1. The van der Waals surface area contributed by atoms with Gasteiger partial charge in [0, 0.05) is 15.8 Å². The molecular formula is C16H16FIN2O3S. The van der Waals surface area contributed by atoms with E-state index < -0.39 is 21.7 Å². The van der Waals surface area contributed by atoms with Crippen LogP contribution in [0, 0.1) is 9.39 Å². The number of halogens is 2. The lowest BCUT2D eigenvalue weighted by Gasteiger charge is -2.20. The molecule has 0 spiro atoms. The van der Waals surface area contributed by atoms with E-state index in [0.29, 0.717) is 5.69 Å². The number of sulfonamides is 1. The number of carbonyl (C=O) groups is 1. The highest BCUT2D eigenvalue weighted by atomic mass is 127. The summed E-state index contributed by atoms with van der Waals surface area (Å²) >= 11 is 2.15. The Morgan fingerprint density at radius 1 is 1.12 bits per heavy atom. The van der Waals surface area contributed by atoms with Crippen molar-refractivity contribution in [2.75, 3.05) is 18.4 Å². The normalized spacial score (nSPS) is 11.5. The van der Waals surface area contributed by atoms with E-state index in [0.717, 1.165) is 20.0 Å². The van der Waals surface area contributed by atoms with Crippen molar-refractivity contribution in [3.05, 3.63) is 57.9 Å². The Labute approximate surface area is 154 Å². The second-order valence-corrected chi connectivity index (χ2v) is 8.12. The fourth-order valence-electron chi connectivity index (χ4n) is 2.02. The molecule has 0 aliphatic rings. The molecule has 2 aromatic rings. The van der Waals surface area contributed by atoms with Gasteiger partial charge in [0.1, 0.15) is 5.82 Å². The van der Waals surface area contributed by atoms with Gasteiger partial charge in [0.05, 0.1) is 11.4 Å².